The molecule has 1 amide bonds. The summed E-state index contributed by atoms with van der Waals surface area (Å²) in [6.07, 6.45) is 2.75. The average Bonchev–Trinajstić information content (AvgIpc) is 3.27. The fourth-order valence-electron chi connectivity index (χ4n) is 5.58. The largest absolute Gasteiger partial charge is 0.334 e. The van der Waals surface area contributed by atoms with Crippen molar-refractivity contribution in [3.8, 4) is 0 Å². The normalized spacial score (nSPS) is 17.8. The molecule has 0 bridgehead atoms. The first-order chi connectivity index (χ1) is 16.5. The minimum atomic E-state index is -0.0324. The van der Waals surface area contributed by atoms with Crippen LogP contribution in [0, 0.1) is 0 Å². The summed E-state index contributed by atoms with van der Waals surface area (Å²) in [6, 6.07) is 25.3. The molecule has 0 N–H and O–H groups in total. The molecule has 0 radical (unpaired) electrons. The molecule has 0 saturated heterocycles. The molecular weight excluding hydrogens is 440 g/mol. The average molecular weight is 471 g/mol. The third kappa shape index (κ3) is 4.55. The van der Waals surface area contributed by atoms with Crippen LogP contribution < -0.4 is 0 Å². The fourth-order valence-corrected chi connectivity index (χ4v) is 5.82. The van der Waals surface area contributed by atoms with Gasteiger partial charge in [-0.15, -0.1) is 0 Å². The van der Waals surface area contributed by atoms with Crippen molar-refractivity contribution in [3.63, 3.8) is 0 Å². The lowest BCUT2D eigenvalue weighted by Gasteiger charge is -2.39. The smallest absolute Gasteiger partial charge is 0.237 e. The minimum Gasteiger partial charge on any atom is -0.334 e. The maximum absolute atomic E-state index is 13.9. The quantitative estimate of drug-likeness (QED) is 0.421. The summed E-state index contributed by atoms with van der Waals surface area (Å²) >= 11 is 6.68. The van der Waals surface area contributed by atoms with E-state index in [4.69, 9.17) is 11.6 Å². The number of hydrogen-bond acceptors (Lipinski definition) is 2. The molecule has 1 heterocycles. The number of nitrogens with zero attached hydrogens (tertiary/aromatic N) is 2. The van der Waals surface area contributed by atoms with Gasteiger partial charge >= 0.3 is 0 Å². The monoisotopic (exact) mass is 470 g/mol. The fraction of sp³-hybridized carbons (Fsp3) is 0.300. The maximum atomic E-state index is 13.9. The van der Waals surface area contributed by atoms with Crippen molar-refractivity contribution in [2.45, 2.75) is 38.3 Å². The van der Waals surface area contributed by atoms with Crippen molar-refractivity contribution in [3.05, 3.63) is 118 Å². The van der Waals surface area contributed by atoms with Crippen LogP contribution in [-0.2, 0) is 24.1 Å². The number of benzene rings is 3. The van der Waals surface area contributed by atoms with Gasteiger partial charge in [0.15, 0.2) is 0 Å². The van der Waals surface area contributed by atoms with E-state index < -0.39 is 0 Å². The van der Waals surface area contributed by atoms with Crippen LogP contribution >= 0.6 is 11.6 Å². The molecule has 0 saturated carbocycles. The molecule has 1 unspecified atom stereocenters. The van der Waals surface area contributed by atoms with Gasteiger partial charge in [-0.05, 0) is 60.1 Å². The first-order valence-corrected chi connectivity index (χ1v) is 12.5. The Bertz CT molecular complexity index is 1190. The summed E-state index contributed by atoms with van der Waals surface area (Å²) in [5.41, 5.74) is 7.36. The molecule has 0 spiro atoms. The van der Waals surface area contributed by atoms with E-state index in [1.54, 1.807) is 0 Å². The van der Waals surface area contributed by atoms with Crippen LogP contribution in [0.4, 0.5) is 0 Å². The molecule has 3 nitrogen and oxygen atoms in total. The van der Waals surface area contributed by atoms with Crippen LogP contribution in [0.25, 0.3) is 0 Å². The molecular formula is C30H31ClN2O. The Kier molecular flexibility index (Phi) is 6.58. The topological polar surface area (TPSA) is 23.6 Å². The third-order valence-corrected chi connectivity index (χ3v) is 7.50. The first-order valence-electron chi connectivity index (χ1n) is 12.1. The molecule has 34 heavy (non-hydrogen) atoms. The second-order valence-corrected chi connectivity index (χ2v) is 10.1. The Morgan fingerprint density at radius 2 is 1.53 bits per heavy atom. The molecule has 174 valence electrons. The SMILES string of the molecule is C=C(C)CN(C(=O)CN1CCc2ccccc2C1c1ccccc1Cl)C1Cc2ccccc2C1. The zero-order valence-corrected chi connectivity index (χ0v) is 20.5. The number of carbonyl (C=O) groups is 1. The van der Waals surface area contributed by atoms with Gasteiger partial charge < -0.3 is 4.90 Å². The summed E-state index contributed by atoms with van der Waals surface area (Å²) in [5.74, 6) is 0.164. The Balaban J connectivity index is 1.43. The zero-order chi connectivity index (χ0) is 23.7. The highest BCUT2D eigenvalue weighted by molar-refractivity contribution is 6.31. The van der Waals surface area contributed by atoms with E-state index in [0.29, 0.717) is 13.1 Å². The molecule has 4 heteroatoms. The highest BCUT2D eigenvalue weighted by Crippen LogP contribution is 2.38. The van der Waals surface area contributed by atoms with Crippen molar-refractivity contribution < 1.29 is 4.79 Å². The van der Waals surface area contributed by atoms with Crippen LogP contribution in [0.5, 0.6) is 0 Å². The van der Waals surface area contributed by atoms with Crippen molar-refractivity contribution in [2.24, 2.45) is 0 Å². The summed E-state index contributed by atoms with van der Waals surface area (Å²) < 4.78 is 0. The van der Waals surface area contributed by atoms with Crippen molar-refractivity contribution in [1.82, 2.24) is 9.80 Å². The first kappa shape index (κ1) is 22.9. The summed E-state index contributed by atoms with van der Waals surface area (Å²) in [6.45, 7) is 7.91. The van der Waals surface area contributed by atoms with Gasteiger partial charge in [0, 0.05) is 24.2 Å². The van der Waals surface area contributed by atoms with Gasteiger partial charge in [0.25, 0.3) is 0 Å². The summed E-state index contributed by atoms with van der Waals surface area (Å²) in [4.78, 5) is 18.2. The number of halogens is 1. The molecule has 3 aromatic carbocycles. The second-order valence-electron chi connectivity index (χ2n) is 9.65. The van der Waals surface area contributed by atoms with E-state index >= 15 is 0 Å². The standard InChI is InChI=1S/C30H31ClN2O/c1-21(2)19-33(25-17-23-10-3-4-11-24(23)18-25)29(34)20-32-16-15-22-9-5-6-12-26(22)30(32)27-13-7-8-14-28(27)31/h3-14,25,30H,1,15-20H2,2H3. The van der Waals surface area contributed by atoms with Crippen LogP contribution in [0.2, 0.25) is 5.02 Å². The minimum absolute atomic E-state index is 0.0324. The maximum Gasteiger partial charge on any atom is 0.237 e. The van der Waals surface area contributed by atoms with Crippen LogP contribution in [0.3, 0.4) is 0 Å². The van der Waals surface area contributed by atoms with Gasteiger partial charge in [-0.25, -0.2) is 0 Å². The number of fused-ring (bicyclic) bond motifs is 2. The summed E-state index contributed by atoms with van der Waals surface area (Å²) in [7, 11) is 0. The van der Waals surface area contributed by atoms with E-state index in [-0.39, 0.29) is 18.0 Å². The van der Waals surface area contributed by atoms with Crippen molar-refractivity contribution in [1.29, 1.82) is 0 Å². The lowest BCUT2D eigenvalue weighted by atomic mass is 9.88. The Morgan fingerprint density at radius 3 is 2.18 bits per heavy atom. The molecule has 0 fully saturated rings. The molecule has 3 aromatic rings. The molecule has 1 atom stereocenters. The Morgan fingerprint density at radius 1 is 0.941 bits per heavy atom. The van der Waals surface area contributed by atoms with Gasteiger partial charge in [0.1, 0.15) is 0 Å². The third-order valence-electron chi connectivity index (χ3n) is 7.15. The Labute approximate surface area is 207 Å². The highest BCUT2D eigenvalue weighted by atomic mass is 35.5. The number of amides is 1. The summed E-state index contributed by atoms with van der Waals surface area (Å²) in [5, 5.41) is 0.742. The van der Waals surface area contributed by atoms with Gasteiger partial charge in [0.05, 0.1) is 12.6 Å². The molecule has 2 aliphatic rings. The van der Waals surface area contributed by atoms with E-state index in [9.17, 15) is 4.79 Å². The predicted molar refractivity (Wildman–Crippen MR) is 139 cm³/mol. The van der Waals surface area contributed by atoms with Gasteiger partial charge in [-0.2, -0.15) is 0 Å². The number of carbonyl (C=O) groups excluding carboxylic acids is 1. The second kappa shape index (κ2) is 9.77. The highest BCUT2D eigenvalue weighted by Gasteiger charge is 2.35. The van der Waals surface area contributed by atoms with E-state index in [1.165, 1.54) is 22.3 Å². The van der Waals surface area contributed by atoms with Crippen molar-refractivity contribution in [2.75, 3.05) is 19.6 Å². The van der Waals surface area contributed by atoms with Gasteiger partial charge in [-0.1, -0.05) is 90.5 Å². The lowest BCUT2D eigenvalue weighted by Crippen LogP contribution is -2.49. The predicted octanol–water partition coefficient (Wildman–Crippen LogP) is 5.86. The van der Waals surface area contributed by atoms with Gasteiger partial charge in [-0.3, -0.25) is 9.69 Å². The molecule has 0 aromatic heterocycles. The molecule has 1 aliphatic carbocycles. The van der Waals surface area contributed by atoms with E-state index in [0.717, 1.165) is 42.0 Å². The van der Waals surface area contributed by atoms with E-state index in [1.807, 2.05) is 25.1 Å². The molecule has 1 aliphatic heterocycles. The van der Waals surface area contributed by atoms with Gasteiger partial charge in [0.2, 0.25) is 5.91 Å². The van der Waals surface area contributed by atoms with Crippen LogP contribution in [-0.4, -0.2) is 41.4 Å². The lowest BCUT2D eigenvalue weighted by molar-refractivity contribution is -0.134. The number of rotatable bonds is 6. The Hall–Kier alpha value is -2.88. The van der Waals surface area contributed by atoms with Crippen molar-refractivity contribution >= 4 is 17.5 Å². The van der Waals surface area contributed by atoms with Crippen LogP contribution in [0.15, 0.2) is 84.9 Å². The molecule has 5 rings (SSSR count). The van der Waals surface area contributed by atoms with Crippen LogP contribution in [0.1, 0.15) is 40.8 Å². The number of hydrogen-bond donors (Lipinski definition) is 0. The zero-order valence-electron chi connectivity index (χ0n) is 19.7. The van der Waals surface area contributed by atoms with E-state index in [2.05, 4.69) is 71.0 Å².